The fraction of sp³-hybridized carbons (Fsp3) is 0.267. The summed E-state index contributed by atoms with van der Waals surface area (Å²) in [6.45, 7) is 2.84. The first kappa shape index (κ1) is 12.6. The first-order chi connectivity index (χ1) is 10.2. The molecule has 1 aromatic carbocycles. The molecule has 4 rings (SSSR count). The van der Waals surface area contributed by atoms with Crippen molar-refractivity contribution < 1.29 is 4.79 Å². The third kappa shape index (κ3) is 1.75. The lowest BCUT2D eigenvalue weighted by molar-refractivity contribution is 0.111. The largest absolute Gasteiger partial charge is 0.331 e. The van der Waals surface area contributed by atoms with Crippen LogP contribution in [0, 0.1) is 6.92 Å². The molecule has 0 atom stereocenters. The van der Waals surface area contributed by atoms with E-state index < -0.39 is 0 Å². The van der Waals surface area contributed by atoms with Crippen LogP contribution in [0.1, 0.15) is 16.3 Å². The molecular formula is C15H14N4OS. The van der Waals surface area contributed by atoms with Crippen molar-refractivity contribution in [1.82, 2.24) is 19.1 Å². The molecule has 1 aliphatic heterocycles. The Morgan fingerprint density at radius 1 is 1.33 bits per heavy atom. The number of aromatic nitrogens is 4. The number of carbonyl (C=O) groups is 1. The van der Waals surface area contributed by atoms with E-state index in [9.17, 15) is 4.79 Å². The Bertz CT molecular complexity index is 878. The zero-order chi connectivity index (χ0) is 14.6. The summed E-state index contributed by atoms with van der Waals surface area (Å²) in [6.07, 6.45) is 0.908. The number of hydrogen-bond acceptors (Lipinski definition) is 4. The van der Waals surface area contributed by atoms with Crippen LogP contribution in [0.25, 0.3) is 22.3 Å². The van der Waals surface area contributed by atoms with E-state index in [1.54, 1.807) is 11.8 Å². The number of rotatable bonds is 2. The minimum atomic E-state index is 0.669. The SMILES string of the molecule is Cc1nc2cc(-c3nc4n(c3C=O)CCS4)ccc2n1C. The molecule has 106 valence electrons. The van der Waals surface area contributed by atoms with Gasteiger partial charge >= 0.3 is 0 Å². The van der Waals surface area contributed by atoms with E-state index in [2.05, 4.69) is 14.5 Å². The van der Waals surface area contributed by atoms with Crippen LogP contribution in [0.4, 0.5) is 0 Å². The van der Waals surface area contributed by atoms with Crippen LogP contribution in [0.15, 0.2) is 23.4 Å². The molecular weight excluding hydrogens is 284 g/mol. The second-order valence-electron chi connectivity index (χ2n) is 5.17. The second kappa shape index (κ2) is 4.46. The summed E-state index contributed by atoms with van der Waals surface area (Å²) in [7, 11) is 2.00. The maximum atomic E-state index is 11.5. The molecule has 0 aliphatic carbocycles. The van der Waals surface area contributed by atoms with Gasteiger partial charge in [0.15, 0.2) is 11.4 Å². The highest BCUT2D eigenvalue weighted by atomic mass is 32.2. The number of thioether (sulfide) groups is 1. The van der Waals surface area contributed by atoms with Gasteiger partial charge in [-0.3, -0.25) is 4.79 Å². The van der Waals surface area contributed by atoms with Gasteiger partial charge in [0.1, 0.15) is 17.2 Å². The lowest BCUT2D eigenvalue weighted by Gasteiger charge is -2.02. The summed E-state index contributed by atoms with van der Waals surface area (Å²) in [4.78, 5) is 20.6. The predicted octanol–water partition coefficient (Wildman–Crippen LogP) is 2.66. The quantitative estimate of drug-likeness (QED) is 0.683. The molecule has 0 bridgehead atoms. The van der Waals surface area contributed by atoms with Gasteiger partial charge in [-0.05, 0) is 19.1 Å². The van der Waals surface area contributed by atoms with E-state index in [1.165, 1.54) is 0 Å². The smallest absolute Gasteiger partial charge is 0.169 e. The van der Waals surface area contributed by atoms with Crippen molar-refractivity contribution in [2.24, 2.45) is 7.05 Å². The number of aldehydes is 1. The molecule has 0 fully saturated rings. The number of hydrogen-bond donors (Lipinski definition) is 0. The molecule has 3 aromatic rings. The molecule has 2 aromatic heterocycles. The van der Waals surface area contributed by atoms with E-state index in [0.29, 0.717) is 5.69 Å². The molecule has 3 heterocycles. The average Bonchev–Trinajstić information content (AvgIpc) is 3.12. The van der Waals surface area contributed by atoms with Crippen LogP contribution in [0.2, 0.25) is 0 Å². The number of benzene rings is 1. The molecule has 21 heavy (non-hydrogen) atoms. The summed E-state index contributed by atoms with van der Waals surface area (Å²) in [6, 6.07) is 6.06. The van der Waals surface area contributed by atoms with E-state index >= 15 is 0 Å². The summed E-state index contributed by atoms with van der Waals surface area (Å²) in [5, 5.41) is 0.935. The van der Waals surface area contributed by atoms with Crippen molar-refractivity contribution in [2.45, 2.75) is 18.6 Å². The van der Waals surface area contributed by atoms with Gasteiger partial charge in [0.25, 0.3) is 0 Å². The standard InChI is InChI=1S/C15H14N4OS/c1-9-16-11-7-10(3-4-12(11)18(9)2)14-13(8-20)19-5-6-21-15(19)17-14/h3-4,7-8H,5-6H2,1-2H3. The molecule has 0 radical (unpaired) electrons. The molecule has 5 nitrogen and oxygen atoms in total. The normalized spacial score (nSPS) is 13.8. The Balaban J connectivity index is 1.92. The Labute approximate surface area is 126 Å². The van der Waals surface area contributed by atoms with Crippen molar-refractivity contribution >= 4 is 29.1 Å². The Morgan fingerprint density at radius 3 is 3.00 bits per heavy atom. The number of carbonyl (C=O) groups excluding carboxylic acids is 1. The molecule has 6 heteroatoms. The third-order valence-corrected chi connectivity index (χ3v) is 4.96. The number of imidazole rings is 2. The monoisotopic (exact) mass is 298 g/mol. The summed E-state index contributed by atoms with van der Waals surface area (Å²) < 4.78 is 4.06. The predicted molar refractivity (Wildman–Crippen MR) is 82.8 cm³/mol. The van der Waals surface area contributed by atoms with Gasteiger partial charge in [0, 0.05) is 24.9 Å². The lowest BCUT2D eigenvalue weighted by atomic mass is 10.1. The highest BCUT2D eigenvalue weighted by Crippen LogP contribution is 2.33. The van der Waals surface area contributed by atoms with E-state index in [4.69, 9.17) is 0 Å². The zero-order valence-corrected chi connectivity index (χ0v) is 12.6. The highest BCUT2D eigenvalue weighted by Gasteiger charge is 2.22. The Kier molecular flexibility index (Phi) is 2.68. The van der Waals surface area contributed by atoms with Gasteiger partial charge in [-0.2, -0.15) is 0 Å². The minimum Gasteiger partial charge on any atom is -0.331 e. The zero-order valence-electron chi connectivity index (χ0n) is 11.8. The highest BCUT2D eigenvalue weighted by molar-refractivity contribution is 7.99. The number of aryl methyl sites for hydroxylation is 2. The van der Waals surface area contributed by atoms with Gasteiger partial charge in [0.05, 0.1) is 11.0 Å². The Hall–Kier alpha value is -2.08. The fourth-order valence-electron chi connectivity index (χ4n) is 2.80. The summed E-state index contributed by atoms with van der Waals surface area (Å²) >= 11 is 1.70. The molecule has 0 amide bonds. The van der Waals surface area contributed by atoms with Crippen LogP contribution in [-0.2, 0) is 13.6 Å². The van der Waals surface area contributed by atoms with Gasteiger partial charge < -0.3 is 9.13 Å². The fourth-order valence-corrected chi connectivity index (χ4v) is 3.76. The molecule has 0 spiro atoms. The van der Waals surface area contributed by atoms with Crippen molar-refractivity contribution in [3.8, 4) is 11.3 Å². The summed E-state index contributed by atoms with van der Waals surface area (Å²) in [5.41, 5.74) is 4.40. The maximum absolute atomic E-state index is 11.5. The van der Waals surface area contributed by atoms with Gasteiger partial charge in [0.2, 0.25) is 0 Å². The van der Waals surface area contributed by atoms with Crippen LogP contribution in [0.3, 0.4) is 0 Å². The molecule has 1 aliphatic rings. The van der Waals surface area contributed by atoms with Crippen molar-refractivity contribution in [3.05, 3.63) is 29.7 Å². The van der Waals surface area contributed by atoms with E-state index in [1.807, 2.05) is 36.7 Å². The van der Waals surface area contributed by atoms with Gasteiger partial charge in [-0.25, -0.2) is 9.97 Å². The van der Waals surface area contributed by atoms with Crippen molar-refractivity contribution in [1.29, 1.82) is 0 Å². The average molecular weight is 298 g/mol. The van der Waals surface area contributed by atoms with Crippen LogP contribution >= 0.6 is 11.8 Å². The number of nitrogens with zero attached hydrogens (tertiary/aromatic N) is 4. The Morgan fingerprint density at radius 2 is 2.19 bits per heavy atom. The first-order valence-electron chi connectivity index (χ1n) is 6.81. The van der Waals surface area contributed by atoms with Crippen LogP contribution in [-0.4, -0.2) is 31.1 Å². The van der Waals surface area contributed by atoms with Gasteiger partial charge in [-0.15, -0.1) is 0 Å². The summed E-state index contributed by atoms with van der Waals surface area (Å²) in [5.74, 6) is 1.96. The van der Waals surface area contributed by atoms with E-state index in [-0.39, 0.29) is 0 Å². The van der Waals surface area contributed by atoms with Crippen LogP contribution in [0.5, 0.6) is 0 Å². The second-order valence-corrected chi connectivity index (χ2v) is 6.23. The molecule has 0 unspecified atom stereocenters. The van der Waals surface area contributed by atoms with Crippen molar-refractivity contribution in [3.63, 3.8) is 0 Å². The topological polar surface area (TPSA) is 52.7 Å². The number of fused-ring (bicyclic) bond motifs is 2. The lowest BCUT2D eigenvalue weighted by Crippen LogP contribution is -2.00. The van der Waals surface area contributed by atoms with Gasteiger partial charge in [-0.1, -0.05) is 17.8 Å². The van der Waals surface area contributed by atoms with E-state index in [0.717, 1.165) is 51.9 Å². The van der Waals surface area contributed by atoms with Crippen molar-refractivity contribution in [2.75, 3.05) is 5.75 Å². The molecule has 0 saturated heterocycles. The molecule has 0 N–H and O–H groups in total. The first-order valence-corrected chi connectivity index (χ1v) is 7.79. The van der Waals surface area contributed by atoms with Crippen LogP contribution < -0.4 is 0 Å². The minimum absolute atomic E-state index is 0.669. The maximum Gasteiger partial charge on any atom is 0.169 e. The third-order valence-electron chi connectivity index (χ3n) is 4.01. The molecule has 0 saturated carbocycles.